The molecular formula is C43H86O9Sn2. The monoisotopic (exact) mass is 986 g/mol. The van der Waals surface area contributed by atoms with Gasteiger partial charge >= 0.3 is 339 Å². The van der Waals surface area contributed by atoms with Crippen LogP contribution in [0.15, 0.2) is 0 Å². The zero-order valence-electron chi connectivity index (χ0n) is 36.2. The molecule has 0 saturated heterocycles. The number of hydrogen-bond donors (Lipinski definition) is 0. The van der Waals surface area contributed by atoms with Crippen molar-refractivity contribution in [2.75, 3.05) is 26.4 Å². The molecule has 0 bridgehead atoms. The molecule has 0 aliphatic heterocycles. The number of unbranched alkanes of at least 4 members (excludes halogenated alkanes) is 20. The molecule has 0 spiro atoms. The van der Waals surface area contributed by atoms with E-state index in [0.717, 1.165) is 89.9 Å². The Balaban J connectivity index is 5.72. The van der Waals surface area contributed by atoms with Gasteiger partial charge in [0.25, 0.3) is 0 Å². The van der Waals surface area contributed by atoms with E-state index in [2.05, 4.69) is 41.5 Å². The molecule has 0 atom stereocenters. The van der Waals surface area contributed by atoms with Gasteiger partial charge in [-0.1, -0.05) is 13.8 Å². The van der Waals surface area contributed by atoms with Crippen molar-refractivity contribution in [3.05, 3.63) is 0 Å². The third-order valence-electron chi connectivity index (χ3n) is 9.37. The van der Waals surface area contributed by atoms with Gasteiger partial charge in [0.2, 0.25) is 0 Å². The fourth-order valence-electron chi connectivity index (χ4n) is 5.76. The standard InChI is InChI=1S/2C12H24O2.C11H22O3.2C4H9O.2Sn/c2*1-2-3-4-5-6-7-8-9-10-11-12(13)14;1-4-7-9-13-11(12,6-3)14-10-8-5-2;2*1-2-3-4-5;;/h2*2-11H2,1H3,(H,13,14);3-10H2,1-2H3;2*2-4H2,1H3;;/q;;3*-1;+2;+3/p-2. The summed E-state index contributed by atoms with van der Waals surface area (Å²) in [6.45, 7) is 15.1. The number of carbonyl (C=O) groups excluding carboxylic acids is 2. The minimum absolute atomic E-state index is 0.254. The van der Waals surface area contributed by atoms with Crippen LogP contribution in [0.1, 0.15) is 228 Å². The third-order valence-corrected chi connectivity index (χ3v) is 17.7. The Morgan fingerprint density at radius 2 is 0.759 bits per heavy atom. The molecule has 9 nitrogen and oxygen atoms in total. The van der Waals surface area contributed by atoms with E-state index >= 15 is 0 Å². The zero-order chi connectivity index (χ0) is 39.8. The van der Waals surface area contributed by atoms with E-state index < -0.39 is 47.6 Å². The molecule has 320 valence electrons. The van der Waals surface area contributed by atoms with Crippen molar-refractivity contribution in [2.45, 2.75) is 238 Å². The van der Waals surface area contributed by atoms with E-state index in [1.54, 1.807) is 0 Å². The van der Waals surface area contributed by atoms with Crippen LogP contribution in [-0.2, 0) is 34.4 Å². The van der Waals surface area contributed by atoms with Gasteiger partial charge in [0.1, 0.15) is 0 Å². The molecule has 2 radical (unpaired) electrons. The molecule has 0 aromatic rings. The molecule has 0 fully saturated rings. The van der Waals surface area contributed by atoms with Crippen LogP contribution < -0.4 is 0 Å². The molecule has 0 amide bonds. The Bertz CT molecular complexity index is 764. The minimum atomic E-state index is -3.52. The molecule has 0 heterocycles. The molecule has 0 aromatic carbocycles. The molecule has 0 aromatic heterocycles. The molecule has 11 heteroatoms. The second-order valence-electron chi connectivity index (χ2n) is 14.8. The van der Waals surface area contributed by atoms with E-state index in [0.29, 0.717) is 50.1 Å². The van der Waals surface area contributed by atoms with Crippen molar-refractivity contribution in [3.63, 3.8) is 0 Å². The van der Waals surface area contributed by atoms with Crippen molar-refractivity contribution in [2.24, 2.45) is 0 Å². The van der Waals surface area contributed by atoms with E-state index in [1.807, 2.05) is 0 Å². The first-order valence-electron chi connectivity index (χ1n) is 22.8. The van der Waals surface area contributed by atoms with E-state index in [9.17, 15) is 9.59 Å². The average Bonchev–Trinajstić information content (AvgIpc) is 3.16. The SMILES string of the molecule is CCCCCCCCCCCC(=O)[O][Sn]([CH2]CC(OCCCC)(OCCCC)[O][Sn]([O]CCCC)[O]CCCC)[O]C(=O)CCCCCCCCCCC. The topological polar surface area (TPSA) is 98.8 Å². The first-order valence-corrected chi connectivity index (χ1v) is 30.6. The molecule has 0 saturated carbocycles. The maximum absolute atomic E-state index is 13.2. The number of hydrogen-bond acceptors (Lipinski definition) is 9. The van der Waals surface area contributed by atoms with Gasteiger partial charge in [0.05, 0.1) is 0 Å². The normalized spacial score (nSPS) is 11.9. The summed E-state index contributed by atoms with van der Waals surface area (Å²) in [5, 5.41) is 0. The van der Waals surface area contributed by atoms with Crippen LogP contribution in [0.25, 0.3) is 0 Å². The maximum atomic E-state index is 13.2. The smallest absolute Gasteiger partial charge is 0.0654 e. The second kappa shape index (κ2) is 41.5. The van der Waals surface area contributed by atoms with Crippen molar-refractivity contribution in [1.82, 2.24) is 0 Å². The summed E-state index contributed by atoms with van der Waals surface area (Å²) in [6.07, 6.45) is 29.7. The fourth-order valence-corrected chi connectivity index (χ4v) is 13.7. The first-order chi connectivity index (χ1) is 26.4. The van der Waals surface area contributed by atoms with Crippen LogP contribution >= 0.6 is 0 Å². The Morgan fingerprint density at radius 3 is 1.13 bits per heavy atom. The van der Waals surface area contributed by atoms with Crippen LogP contribution in [-0.4, -0.2) is 85.9 Å². The van der Waals surface area contributed by atoms with E-state index in [-0.39, 0.29) is 11.9 Å². The van der Waals surface area contributed by atoms with Gasteiger partial charge in [0, 0.05) is 0 Å². The predicted molar refractivity (Wildman–Crippen MR) is 224 cm³/mol. The summed E-state index contributed by atoms with van der Waals surface area (Å²) in [5.74, 6) is -1.90. The predicted octanol–water partition coefficient (Wildman–Crippen LogP) is 12.7. The van der Waals surface area contributed by atoms with Gasteiger partial charge in [-0.15, -0.1) is 0 Å². The van der Waals surface area contributed by atoms with Crippen molar-refractivity contribution >= 4 is 53.5 Å². The van der Waals surface area contributed by atoms with Crippen LogP contribution in [0, 0.1) is 0 Å². The molecule has 0 unspecified atom stereocenters. The number of ether oxygens (including phenoxy) is 2. The van der Waals surface area contributed by atoms with Crippen molar-refractivity contribution < 1.29 is 34.4 Å². The van der Waals surface area contributed by atoms with E-state index in [1.165, 1.54) is 77.0 Å². The fraction of sp³-hybridized carbons (Fsp3) is 0.953. The summed E-state index contributed by atoms with van der Waals surface area (Å²) in [7, 11) is 0. The molecular weight excluding hydrogens is 898 g/mol. The Labute approximate surface area is 350 Å². The molecule has 54 heavy (non-hydrogen) atoms. The quantitative estimate of drug-likeness (QED) is 0.0336. The Hall–Kier alpha value is 0.337. The zero-order valence-corrected chi connectivity index (χ0v) is 41.9. The van der Waals surface area contributed by atoms with Gasteiger partial charge in [-0.2, -0.15) is 0 Å². The van der Waals surface area contributed by atoms with Crippen LogP contribution in [0.4, 0.5) is 0 Å². The van der Waals surface area contributed by atoms with Crippen molar-refractivity contribution in [3.8, 4) is 0 Å². The molecule has 0 N–H and O–H groups in total. The third kappa shape index (κ3) is 34.4. The Kier molecular flexibility index (Phi) is 41.8. The van der Waals surface area contributed by atoms with E-state index in [4.69, 9.17) is 24.8 Å². The van der Waals surface area contributed by atoms with Gasteiger partial charge in [-0.05, 0) is 0 Å². The van der Waals surface area contributed by atoms with Gasteiger partial charge in [-0.25, -0.2) is 0 Å². The van der Waals surface area contributed by atoms with Gasteiger partial charge in [0.15, 0.2) is 0 Å². The van der Waals surface area contributed by atoms with Crippen LogP contribution in [0.5, 0.6) is 0 Å². The van der Waals surface area contributed by atoms with Crippen LogP contribution in [0.2, 0.25) is 4.44 Å². The molecule has 0 aliphatic carbocycles. The van der Waals surface area contributed by atoms with Crippen LogP contribution in [0.3, 0.4) is 0 Å². The summed E-state index contributed by atoms with van der Waals surface area (Å²) < 4.78 is 44.8. The summed E-state index contributed by atoms with van der Waals surface area (Å²) in [4.78, 5) is 26.4. The molecule has 0 rings (SSSR count). The average molecular weight is 985 g/mol. The molecule has 0 aliphatic rings. The van der Waals surface area contributed by atoms with Gasteiger partial charge in [-0.3, -0.25) is 0 Å². The Morgan fingerprint density at radius 1 is 0.426 bits per heavy atom. The second-order valence-corrected chi connectivity index (χ2v) is 23.2. The first kappa shape index (κ1) is 54.3. The van der Waals surface area contributed by atoms with Crippen molar-refractivity contribution in [1.29, 1.82) is 0 Å². The summed E-state index contributed by atoms with van der Waals surface area (Å²) in [6, 6.07) is 0. The minimum Gasteiger partial charge on any atom is -0.0654 e. The summed E-state index contributed by atoms with van der Waals surface area (Å²) >= 11 is -6.88. The summed E-state index contributed by atoms with van der Waals surface area (Å²) in [5.41, 5.74) is 0. The number of rotatable bonds is 43. The number of carbonyl (C=O) groups is 2. The van der Waals surface area contributed by atoms with Gasteiger partial charge < -0.3 is 0 Å².